The first-order valence-electron chi connectivity index (χ1n) is 12.4. The third kappa shape index (κ3) is 4.78. The Hall–Kier alpha value is -4.08. The highest BCUT2D eigenvalue weighted by Crippen LogP contribution is 2.44. The van der Waals surface area contributed by atoms with Gasteiger partial charge in [0.25, 0.3) is 0 Å². The first kappa shape index (κ1) is 25.6. The molecule has 2 atom stereocenters. The Morgan fingerprint density at radius 1 is 1.05 bits per heavy atom. The lowest BCUT2D eigenvalue weighted by atomic mass is 9.96. The number of carbonyl (C=O) groups excluding carboxylic acids is 1. The molecule has 9 heteroatoms. The summed E-state index contributed by atoms with van der Waals surface area (Å²) in [5.74, 6) is 0.711. The zero-order valence-corrected chi connectivity index (χ0v) is 22.6. The van der Waals surface area contributed by atoms with Crippen molar-refractivity contribution in [2.45, 2.75) is 32.9 Å². The predicted molar refractivity (Wildman–Crippen MR) is 153 cm³/mol. The van der Waals surface area contributed by atoms with Crippen molar-refractivity contribution in [3.05, 3.63) is 101 Å². The molecule has 38 heavy (non-hydrogen) atoms. The molecule has 1 saturated heterocycles. The topological polar surface area (TPSA) is 84.3 Å². The molecule has 1 aliphatic heterocycles. The second-order valence-corrected chi connectivity index (χ2v) is 9.72. The number of hydrogen-bond donors (Lipinski definition) is 2. The van der Waals surface area contributed by atoms with E-state index in [-0.39, 0.29) is 24.6 Å². The Morgan fingerprint density at radius 2 is 1.82 bits per heavy atom. The minimum atomic E-state index is -0.205. The highest BCUT2D eigenvalue weighted by molar-refractivity contribution is 7.80. The number of methoxy groups -OCH3 is 1. The quantitative estimate of drug-likeness (QED) is 0.330. The van der Waals surface area contributed by atoms with Gasteiger partial charge in [-0.3, -0.25) is 9.78 Å². The number of pyridine rings is 2. The third-order valence-electron chi connectivity index (χ3n) is 6.79. The van der Waals surface area contributed by atoms with Gasteiger partial charge in [-0.25, -0.2) is 4.98 Å². The van der Waals surface area contributed by atoms with Crippen LogP contribution in [0.5, 0.6) is 0 Å². The largest absolute Gasteiger partial charge is 0.375 e. The van der Waals surface area contributed by atoms with E-state index in [1.807, 2.05) is 54.7 Å². The number of aromatic nitrogens is 3. The molecule has 1 fully saturated rings. The summed E-state index contributed by atoms with van der Waals surface area (Å²) in [5, 5.41) is 6.97. The number of ether oxygens (including phenoxy) is 1. The van der Waals surface area contributed by atoms with Crippen LogP contribution < -0.4 is 15.5 Å². The summed E-state index contributed by atoms with van der Waals surface area (Å²) in [6, 6.07) is 19.5. The molecule has 0 bridgehead atoms. The summed E-state index contributed by atoms with van der Waals surface area (Å²) in [7, 11) is 1.49. The molecule has 2 N–H and O–H groups in total. The zero-order valence-electron chi connectivity index (χ0n) is 21.8. The summed E-state index contributed by atoms with van der Waals surface area (Å²) in [4.78, 5) is 23.4. The lowest BCUT2D eigenvalue weighted by Gasteiger charge is -2.28. The monoisotopic (exact) mass is 526 g/mol. The van der Waals surface area contributed by atoms with Crippen LogP contribution in [0, 0.1) is 20.8 Å². The molecule has 0 aliphatic carbocycles. The maximum atomic E-state index is 12.0. The third-order valence-corrected chi connectivity index (χ3v) is 7.10. The van der Waals surface area contributed by atoms with Crippen LogP contribution in [0.25, 0.3) is 5.82 Å². The SMILES string of the molecule is COCC(=O)Nc1ccc(N2C(=S)NC(c3ccccn3)C2c2cc(C)n(-c3ncccc3C)c2C)cc1. The summed E-state index contributed by atoms with van der Waals surface area (Å²) >= 11 is 5.89. The highest BCUT2D eigenvalue weighted by atomic mass is 32.1. The molecule has 4 aromatic rings. The van der Waals surface area contributed by atoms with E-state index in [0.29, 0.717) is 10.8 Å². The molecule has 194 valence electrons. The van der Waals surface area contributed by atoms with Crippen LogP contribution in [-0.4, -0.2) is 39.3 Å². The average Bonchev–Trinajstić information content (AvgIpc) is 3.40. The van der Waals surface area contributed by atoms with Crippen LogP contribution in [0.4, 0.5) is 11.4 Å². The summed E-state index contributed by atoms with van der Waals surface area (Å²) in [6.07, 6.45) is 3.63. The van der Waals surface area contributed by atoms with Crippen LogP contribution in [0.3, 0.4) is 0 Å². The number of carbonyl (C=O) groups is 1. The van der Waals surface area contributed by atoms with Gasteiger partial charge in [-0.1, -0.05) is 12.1 Å². The van der Waals surface area contributed by atoms with Crippen molar-refractivity contribution in [1.29, 1.82) is 0 Å². The van der Waals surface area contributed by atoms with Crippen molar-refractivity contribution in [3.8, 4) is 5.82 Å². The molecule has 1 amide bonds. The fourth-order valence-electron chi connectivity index (χ4n) is 5.11. The average molecular weight is 527 g/mol. The molecule has 1 aliphatic rings. The van der Waals surface area contributed by atoms with Gasteiger partial charge in [-0.2, -0.15) is 0 Å². The van der Waals surface area contributed by atoms with Gasteiger partial charge in [0.15, 0.2) is 5.11 Å². The van der Waals surface area contributed by atoms with Gasteiger partial charge < -0.3 is 24.8 Å². The van der Waals surface area contributed by atoms with E-state index >= 15 is 0 Å². The minimum Gasteiger partial charge on any atom is -0.375 e. The van der Waals surface area contributed by atoms with Crippen LogP contribution in [-0.2, 0) is 9.53 Å². The Kier molecular flexibility index (Phi) is 7.22. The van der Waals surface area contributed by atoms with E-state index in [4.69, 9.17) is 17.0 Å². The Bertz CT molecular complexity index is 1470. The van der Waals surface area contributed by atoms with Crippen LogP contribution in [0.15, 0.2) is 73.1 Å². The van der Waals surface area contributed by atoms with E-state index in [1.165, 1.54) is 7.11 Å². The van der Waals surface area contributed by atoms with Gasteiger partial charge in [0.2, 0.25) is 5.91 Å². The highest BCUT2D eigenvalue weighted by Gasteiger charge is 2.42. The first-order valence-corrected chi connectivity index (χ1v) is 12.8. The van der Waals surface area contributed by atoms with Gasteiger partial charge in [0, 0.05) is 42.3 Å². The van der Waals surface area contributed by atoms with Crippen molar-refractivity contribution < 1.29 is 9.53 Å². The van der Waals surface area contributed by atoms with E-state index in [2.05, 4.69) is 63.0 Å². The van der Waals surface area contributed by atoms with Crippen molar-refractivity contribution in [2.75, 3.05) is 23.9 Å². The van der Waals surface area contributed by atoms with Gasteiger partial charge in [0.1, 0.15) is 12.4 Å². The van der Waals surface area contributed by atoms with E-state index in [9.17, 15) is 4.79 Å². The molecule has 2 unspecified atom stereocenters. The van der Waals surface area contributed by atoms with E-state index in [1.54, 1.807) is 6.20 Å². The molecule has 0 saturated carbocycles. The fourth-order valence-corrected chi connectivity index (χ4v) is 5.45. The van der Waals surface area contributed by atoms with Crippen molar-refractivity contribution in [2.24, 2.45) is 0 Å². The second-order valence-electron chi connectivity index (χ2n) is 9.33. The molecule has 0 radical (unpaired) electrons. The number of amides is 1. The smallest absolute Gasteiger partial charge is 0.250 e. The molecule has 5 rings (SSSR count). The van der Waals surface area contributed by atoms with Crippen molar-refractivity contribution in [3.63, 3.8) is 0 Å². The summed E-state index contributed by atoms with van der Waals surface area (Å²) in [6.45, 7) is 6.30. The second kappa shape index (κ2) is 10.7. The van der Waals surface area contributed by atoms with Crippen molar-refractivity contribution in [1.82, 2.24) is 19.9 Å². The van der Waals surface area contributed by atoms with E-state index in [0.717, 1.165) is 39.7 Å². The number of nitrogens with one attached hydrogen (secondary N) is 2. The van der Waals surface area contributed by atoms with Crippen molar-refractivity contribution >= 4 is 34.6 Å². The van der Waals surface area contributed by atoms with Gasteiger partial charge in [-0.15, -0.1) is 0 Å². The number of hydrogen-bond acceptors (Lipinski definition) is 5. The molecule has 3 aromatic heterocycles. The lowest BCUT2D eigenvalue weighted by Crippen LogP contribution is -2.29. The predicted octanol–water partition coefficient (Wildman–Crippen LogP) is 4.95. The summed E-state index contributed by atoms with van der Waals surface area (Å²) < 4.78 is 7.12. The Morgan fingerprint density at radius 3 is 2.50 bits per heavy atom. The van der Waals surface area contributed by atoms with Gasteiger partial charge in [-0.05, 0) is 92.6 Å². The normalized spacial score (nSPS) is 16.9. The Balaban J connectivity index is 1.59. The fraction of sp³-hybridized carbons (Fsp3) is 0.241. The molecular weight excluding hydrogens is 496 g/mol. The summed E-state index contributed by atoms with van der Waals surface area (Å²) in [5.41, 5.74) is 6.93. The number of benzene rings is 1. The first-order chi connectivity index (χ1) is 18.4. The molecule has 4 heterocycles. The Labute approximate surface area is 227 Å². The standard InChI is InChI=1S/C29H30N6O2S/c1-18-8-7-15-31-28(18)34-19(2)16-23(20(34)3)27-26(24-9-5-6-14-30-24)33-29(38)35(27)22-12-10-21(11-13-22)32-25(36)17-37-4/h5-16,26-27H,17H2,1-4H3,(H,32,36)(H,33,38). The minimum absolute atomic E-state index is 0.00107. The van der Waals surface area contributed by atoms with Crippen LogP contribution in [0.2, 0.25) is 0 Å². The zero-order chi connectivity index (χ0) is 26.8. The number of anilines is 2. The molecule has 0 spiro atoms. The maximum Gasteiger partial charge on any atom is 0.250 e. The number of nitrogens with zero attached hydrogens (tertiary/aromatic N) is 4. The molecular formula is C29H30N6O2S. The maximum absolute atomic E-state index is 12.0. The number of thiocarbonyl (C=S) groups is 1. The van der Waals surface area contributed by atoms with Gasteiger partial charge >= 0.3 is 0 Å². The van der Waals surface area contributed by atoms with Gasteiger partial charge in [0.05, 0.1) is 17.8 Å². The van der Waals surface area contributed by atoms with Crippen LogP contribution >= 0.6 is 12.2 Å². The number of aryl methyl sites for hydroxylation is 2. The van der Waals surface area contributed by atoms with E-state index < -0.39 is 0 Å². The van der Waals surface area contributed by atoms with Crippen LogP contribution in [0.1, 0.15) is 40.3 Å². The number of rotatable bonds is 7. The molecule has 8 nitrogen and oxygen atoms in total. The lowest BCUT2D eigenvalue weighted by molar-refractivity contribution is -0.119. The molecule has 1 aromatic carbocycles.